The Morgan fingerprint density at radius 2 is 1.85 bits per heavy atom. The zero-order chi connectivity index (χ0) is 14.9. The highest BCUT2D eigenvalue weighted by molar-refractivity contribution is 9.10. The minimum atomic E-state index is -0.526. The fourth-order valence-corrected chi connectivity index (χ4v) is 2.48. The highest BCUT2D eigenvalue weighted by atomic mass is 79.9. The molecular formula is C15H14BrF2NO. The van der Waals surface area contributed by atoms with Crippen LogP contribution in [0, 0.1) is 18.6 Å². The van der Waals surface area contributed by atoms with Crippen LogP contribution in [0.1, 0.15) is 22.7 Å². The second-order valence-electron chi connectivity index (χ2n) is 4.49. The van der Waals surface area contributed by atoms with Gasteiger partial charge in [-0.15, -0.1) is 0 Å². The first-order valence-electron chi connectivity index (χ1n) is 5.98. The number of ether oxygens (including phenoxy) is 1. The Labute approximate surface area is 124 Å². The standard InChI is InChI=1S/C15H14BrF2NO/c1-8-5-9(17)3-4-10(8)15(19)11-6-12(16)13(18)7-14(11)20-2/h3-7,15H,19H2,1-2H3. The highest BCUT2D eigenvalue weighted by Crippen LogP contribution is 2.33. The summed E-state index contributed by atoms with van der Waals surface area (Å²) in [6, 6.07) is 6.74. The topological polar surface area (TPSA) is 35.2 Å². The number of aryl methyl sites for hydroxylation is 1. The number of hydrogen-bond acceptors (Lipinski definition) is 2. The van der Waals surface area contributed by atoms with Crippen molar-refractivity contribution in [1.29, 1.82) is 0 Å². The van der Waals surface area contributed by atoms with Crippen LogP contribution < -0.4 is 10.5 Å². The van der Waals surface area contributed by atoms with Gasteiger partial charge in [-0.05, 0) is 52.2 Å². The van der Waals surface area contributed by atoms with E-state index in [1.165, 1.54) is 25.3 Å². The predicted molar refractivity (Wildman–Crippen MR) is 77.8 cm³/mol. The fraction of sp³-hybridized carbons (Fsp3) is 0.200. The third-order valence-electron chi connectivity index (χ3n) is 3.17. The van der Waals surface area contributed by atoms with E-state index in [4.69, 9.17) is 10.5 Å². The molecule has 2 aromatic rings. The van der Waals surface area contributed by atoms with Gasteiger partial charge in [-0.25, -0.2) is 8.78 Å². The Balaban J connectivity index is 2.52. The first-order chi connectivity index (χ1) is 9.43. The third-order valence-corrected chi connectivity index (χ3v) is 3.78. The zero-order valence-electron chi connectivity index (χ0n) is 11.1. The first kappa shape index (κ1) is 14.9. The summed E-state index contributed by atoms with van der Waals surface area (Å²) in [4.78, 5) is 0. The van der Waals surface area contributed by atoms with Crippen molar-refractivity contribution in [2.45, 2.75) is 13.0 Å². The van der Waals surface area contributed by atoms with Gasteiger partial charge in [-0.2, -0.15) is 0 Å². The van der Waals surface area contributed by atoms with Crippen LogP contribution in [-0.4, -0.2) is 7.11 Å². The van der Waals surface area contributed by atoms with Gasteiger partial charge in [0.2, 0.25) is 0 Å². The Hall–Kier alpha value is -1.46. The summed E-state index contributed by atoms with van der Waals surface area (Å²) in [6.07, 6.45) is 0. The molecule has 0 spiro atoms. The molecule has 0 fully saturated rings. The van der Waals surface area contributed by atoms with Gasteiger partial charge in [-0.3, -0.25) is 0 Å². The molecule has 1 atom stereocenters. The van der Waals surface area contributed by atoms with Crippen molar-refractivity contribution in [3.05, 3.63) is 63.1 Å². The van der Waals surface area contributed by atoms with Crippen LogP contribution in [0.15, 0.2) is 34.8 Å². The van der Waals surface area contributed by atoms with E-state index in [1.54, 1.807) is 19.1 Å². The van der Waals surface area contributed by atoms with E-state index < -0.39 is 11.9 Å². The lowest BCUT2D eigenvalue weighted by atomic mass is 9.95. The maximum absolute atomic E-state index is 13.5. The number of nitrogens with two attached hydrogens (primary N) is 1. The van der Waals surface area contributed by atoms with Gasteiger partial charge in [0, 0.05) is 11.6 Å². The summed E-state index contributed by atoms with van der Waals surface area (Å²) in [6.45, 7) is 1.78. The number of rotatable bonds is 3. The minimum absolute atomic E-state index is 0.309. The minimum Gasteiger partial charge on any atom is -0.496 e. The Kier molecular flexibility index (Phi) is 4.40. The lowest BCUT2D eigenvalue weighted by molar-refractivity contribution is 0.404. The zero-order valence-corrected chi connectivity index (χ0v) is 12.7. The Morgan fingerprint density at radius 3 is 2.45 bits per heavy atom. The van der Waals surface area contributed by atoms with E-state index in [-0.39, 0.29) is 5.82 Å². The van der Waals surface area contributed by atoms with Crippen LogP contribution in [0.3, 0.4) is 0 Å². The van der Waals surface area contributed by atoms with Crippen LogP contribution in [0.4, 0.5) is 8.78 Å². The smallest absolute Gasteiger partial charge is 0.141 e. The molecule has 0 aliphatic carbocycles. The van der Waals surface area contributed by atoms with E-state index in [9.17, 15) is 8.78 Å². The average molecular weight is 342 g/mol. The molecule has 1 unspecified atom stereocenters. The third kappa shape index (κ3) is 2.83. The van der Waals surface area contributed by atoms with Crippen LogP contribution >= 0.6 is 15.9 Å². The summed E-state index contributed by atoms with van der Waals surface area (Å²) in [5.74, 6) is -0.374. The lowest BCUT2D eigenvalue weighted by Gasteiger charge is -2.18. The monoisotopic (exact) mass is 341 g/mol. The maximum Gasteiger partial charge on any atom is 0.141 e. The molecule has 0 aromatic heterocycles. The Bertz CT molecular complexity index is 646. The van der Waals surface area contributed by atoms with Crippen molar-refractivity contribution in [2.24, 2.45) is 5.73 Å². The van der Waals surface area contributed by atoms with Crippen LogP contribution in [0.2, 0.25) is 0 Å². The summed E-state index contributed by atoms with van der Waals surface area (Å²) >= 11 is 3.13. The van der Waals surface area contributed by atoms with Gasteiger partial charge in [0.1, 0.15) is 17.4 Å². The molecule has 20 heavy (non-hydrogen) atoms. The second-order valence-corrected chi connectivity index (χ2v) is 5.34. The van der Waals surface area contributed by atoms with Crippen molar-refractivity contribution < 1.29 is 13.5 Å². The molecule has 0 aliphatic heterocycles. The summed E-state index contributed by atoms with van der Waals surface area (Å²) < 4.78 is 32.2. The Morgan fingerprint density at radius 1 is 1.15 bits per heavy atom. The van der Waals surface area contributed by atoms with Gasteiger partial charge < -0.3 is 10.5 Å². The number of benzene rings is 2. The molecule has 2 N–H and O–H groups in total. The quantitative estimate of drug-likeness (QED) is 0.912. The molecule has 2 aromatic carbocycles. The van der Waals surface area contributed by atoms with Crippen LogP contribution in [0.25, 0.3) is 0 Å². The van der Waals surface area contributed by atoms with Crippen molar-refractivity contribution in [1.82, 2.24) is 0 Å². The molecule has 0 bridgehead atoms. The fourth-order valence-electron chi connectivity index (χ4n) is 2.12. The number of hydrogen-bond donors (Lipinski definition) is 1. The molecule has 0 aliphatic rings. The van der Waals surface area contributed by atoms with Gasteiger partial charge in [-0.1, -0.05) is 6.07 Å². The molecule has 5 heteroatoms. The molecule has 2 rings (SSSR count). The van der Waals surface area contributed by atoms with E-state index >= 15 is 0 Å². The normalized spacial score (nSPS) is 12.3. The number of halogens is 3. The van der Waals surface area contributed by atoms with E-state index in [0.29, 0.717) is 15.8 Å². The van der Waals surface area contributed by atoms with Crippen LogP contribution in [0.5, 0.6) is 5.75 Å². The summed E-state index contributed by atoms with van der Waals surface area (Å²) in [7, 11) is 1.45. The molecular weight excluding hydrogens is 328 g/mol. The first-order valence-corrected chi connectivity index (χ1v) is 6.78. The highest BCUT2D eigenvalue weighted by Gasteiger charge is 2.18. The van der Waals surface area contributed by atoms with E-state index in [2.05, 4.69) is 15.9 Å². The molecule has 0 amide bonds. The second kappa shape index (κ2) is 5.89. The van der Waals surface area contributed by atoms with Crippen molar-refractivity contribution in [2.75, 3.05) is 7.11 Å². The van der Waals surface area contributed by atoms with Gasteiger partial charge in [0.25, 0.3) is 0 Å². The predicted octanol–water partition coefficient (Wildman–Crippen LogP) is 4.09. The number of methoxy groups -OCH3 is 1. The molecule has 2 nitrogen and oxygen atoms in total. The molecule has 0 saturated heterocycles. The van der Waals surface area contributed by atoms with Gasteiger partial charge in [0.15, 0.2) is 0 Å². The summed E-state index contributed by atoms with van der Waals surface area (Å²) in [5.41, 5.74) is 8.35. The molecule has 0 heterocycles. The summed E-state index contributed by atoms with van der Waals surface area (Å²) in [5, 5.41) is 0. The molecule has 0 radical (unpaired) electrons. The van der Waals surface area contributed by atoms with Crippen molar-refractivity contribution in [3.63, 3.8) is 0 Å². The van der Waals surface area contributed by atoms with Crippen LogP contribution in [-0.2, 0) is 0 Å². The maximum atomic E-state index is 13.5. The average Bonchev–Trinajstić information content (AvgIpc) is 2.40. The SMILES string of the molecule is COc1cc(F)c(Br)cc1C(N)c1ccc(F)cc1C. The van der Waals surface area contributed by atoms with Crippen molar-refractivity contribution >= 4 is 15.9 Å². The van der Waals surface area contributed by atoms with Gasteiger partial charge in [0.05, 0.1) is 17.6 Å². The van der Waals surface area contributed by atoms with Crippen molar-refractivity contribution in [3.8, 4) is 5.75 Å². The molecule has 106 valence electrons. The largest absolute Gasteiger partial charge is 0.496 e. The van der Waals surface area contributed by atoms with Gasteiger partial charge >= 0.3 is 0 Å². The van der Waals surface area contributed by atoms with E-state index in [0.717, 1.165) is 11.1 Å². The van der Waals surface area contributed by atoms with E-state index in [1.807, 2.05) is 0 Å². The molecule has 0 saturated carbocycles. The lowest BCUT2D eigenvalue weighted by Crippen LogP contribution is -2.15.